The molecule has 16 heavy (non-hydrogen) atoms. The van der Waals surface area contributed by atoms with Crippen LogP contribution in [-0.4, -0.2) is 51.1 Å². The van der Waals surface area contributed by atoms with Gasteiger partial charge in [-0.15, -0.1) is 0 Å². The van der Waals surface area contributed by atoms with Gasteiger partial charge in [-0.05, 0) is 6.07 Å². The molecule has 0 spiro atoms. The van der Waals surface area contributed by atoms with E-state index in [4.69, 9.17) is 14.8 Å². The van der Waals surface area contributed by atoms with Crippen LogP contribution in [0.4, 0.5) is 0 Å². The van der Waals surface area contributed by atoms with Crippen LogP contribution in [0.3, 0.4) is 0 Å². The smallest absolute Gasteiger partial charge is 0.294 e. The van der Waals surface area contributed by atoms with Crippen LogP contribution in [0.15, 0.2) is 39.1 Å². The quantitative estimate of drug-likeness (QED) is 0.398. The number of aliphatic hydroxyl groups excluding tert-OH is 1. The summed E-state index contributed by atoms with van der Waals surface area (Å²) in [5.74, 6) is 0. The molecule has 0 unspecified atom stereocenters. The van der Waals surface area contributed by atoms with Crippen molar-refractivity contribution in [3.8, 4) is 0 Å². The topological polar surface area (TPSA) is 94.8 Å². The molecule has 84 valence electrons. The molecule has 7 heteroatoms. The average molecular weight is 254 g/mol. The second-order valence-corrected chi connectivity index (χ2v) is 5.00. The maximum Gasteiger partial charge on any atom is 0.294 e. The summed E-state index contributed by atoms with van der Waals surface area (Å²) in [5.41, 5.74) is -0.245. The predicted octanol–water partition coefficient (Wildman–Crippen LogP) is 0.215. The van der Waals surface area contributed by atoms with Crippen LogP contribution < -0.4 is 0 Å². The summed E-state index contributed by atoms with van der Waals surface area (Å²) >= 11 is 1.13. The van der Waals surface area contributed by atoms with Crippen molar-refractivity contribution >= 4 is 38.0 Å². The van der Waals surface area contributed by atoms with E-state index >= 15 is 0 Å². The zero-order chi connectivity index (χ0) is 12.8. The SMILES string of the molecule is C=[CH][Na].O=S(=O)(O)c1ccccc1C(O)O. The van der Waals surface area contributed by atoms with Crippen LogP contribution >= 0.6 is 0 Å². The molecule has 1 aromatic rings. The van der Waals surface area contributed by atoms with E-state index < -0.39 is 21.3 Å². The predicted molar refractivity (Wildman–Crippen MR) is 59.4 cm³/mol. The van der Waals surface area contributed by atoms with Crippen LogP contribution in [0.25, 0.3) is 0 Å². The minimum atomic E-state index is -4.40. The first-order valence-corrected chi connectivity index (χ1v) is 6.93. The van der Waals surface area contributed by atoms with E-state index in [2.05, 4.69) is 6.58 Å². The molecule has 0 saturated carbocycles. The Bertz CT molecular complexity index is 441. The van der Waals surface area contributed by atoms with Gasteiger partial charge in [0.25, 0.3) is 10.1 Å². The summed E-state index contributed by atoms with van der Waals surface area (Å²) in [6.07, 6.45) is -1.92. The first-order valence-electron chi connectivity index (χ1n) is 4.34. The van der Waals surface area contributed by atoms with Gasteiger partial charge >= 0.3 is 37.8 Å². The maximum absolute atomic E-state index is 10.7. The minimum absolute atomic E-state index is 0.245. The fourth-order valence-electron chi connectivity index (χ4n) is 0.929. The third kappa shape index (κ3) is 5.22. The van der Waals surface area contributed by atoms with Crippen LogP contribution in [0.2, 0.25) is 0 Å². The standard InChI is InChI=1S/C7H8O5S.C2H3.Na/c8-7(9)5-3-1-2-4-6(5)13(10,11)12;1-2;/h1-4,7-9H,(H,10,11,12);1H,2H2;. The van der Waals surface area contributed by atoms with E-state index in [1.165, 1.54) is 18.2 Å². The number of hydrogen-bond acceptors (Lipinski definition) is 4. The Morgan fingerprint density at radius 3 is 2.06 bits per heavy atom. The Balaban J connectivity index is 0.000000673. The fraction of sp³-hybridized carbons (Fsp3) is 0.111. The monoisotopic (exact) mass is 254 g/mol. The normalized spacial score (nSPS) is 10.6. The molecule has 0 aliphatic carbocycles. The average Bonchev–Trinajstić information content (AvgIpc) is 2.17. The van der Waals surface area contributed by atoms with E-state index in [0.29, 0.717) is 0 Å². The van der Waals surface area contributed by atoms with E-state index in [9.17, 15) is 8.42 Å². The van der Waals surface area contributed by atoms with Gasteiger partial charge in [0.05, 0.1) is 0 Å². The van der Waals surface area contributed by atoms with Gasteiger partial charge in [-0.2, -0.15) is 8.42 Å². The molecule has 0 amide bonds. The Hall–Kier alpha value is -0.210. The van der Waals surface area contributed by atoms with Crippen molar-refractivity contribution in [2.45, 2.75) is 11.2 Å². The van der Waals surface area contributed by atoms with Gasteiger partial charge in [-0.25, -0.2) is 0 Å². The van der Waals surface area contributed by atoms with Crippen LogP contribution in [0, 0.1) is 0 Å². The molecule has 0 heterocycles. The third-order valence-corrected chi connectivity index (χ3v) is 2.40. The van der Waals surface area contributed by atoms with Gasteiger partial charge in [-0.1, -0.05) is 18.2 Å². The summed E-state index contributed by atoms with van der Waals surface area (Å²) in [4.78, 5) is -0.495. The summed E-state index contributed by atoms with van der Waals surface area (Å²) in [6, 6.07) is 5.09. The van der Waals surface area contributed by atoms with Crippen molar-refractivity contribution in [1.29, 1.82) is 0 Å². The molecule has 3 N–H and O–H groups in total. The van der Waals surface area contributed by atoms with Crippen molar-refractivity contribution in [2.75, 3.05) is 0 Å². The van der Waals surface area contributed by atoms with Crippen LogP contribution in [0.5, 0.6) is 0 Å². The Morgan fingerprint density at radius 2 is 1.75 bits per heavy atom. The Morgan fingerprint density at radius 1 is 1.31 bits per heavy atom. The largest absolute Gasteiger partial charge is 0.364 e. The number of rotatable bonds is 2. The van der Waals surface area contributed by atoms with Gasteiger partial charge < -0.3 is 10.2 Å². The molecule has 0 aromatic heterocycles. The second-order valence-electron chi connectivity index (χ2n) is 2.79. The zero-order valence-corrected chi connectivity index (χ0v) is 11.6. The van der Waals surface area contributed by atoms with Gasteiger partial charge in [0.1, 0.15) is 4.90 Å². The molecule has 0 radical (unpaired) electrons. The van der Waals surface area contributed by atoms with Crippen molar-refractivity contribution in [3.63, 3.8) is 0 Å². The summed E-state index contributed by atoms with van der Waals surface area (Å²) < 4.78 is 31.9. The van der Waals surface area contributed by atoms with E-state index in [1.807, 2.05) is 3.33 Å². The summed E-state index contributed by atoms with van der Waals surface area (Å²) in [7, 11) is -4.40. The second kappa shape index (κ2) is 7.18. The van der Waals surface area contributed by atoms with Crippen molar-refractivity contribution in [2.24, 2.45) is 0 Å². The van der Waals surface area contributed by atoms with Gasteiger partial charge in [0, 0.05) is 5.56 Å². The summed E-state index contributed by atoms with van der Waals surface area (Å²) in [6.45, 7) is 3.42. The maximum atomic E-state index is 10.7. The fourth-order valence-corrected chi connectivity index (χ4v) is 1.65. The molecular formula is C9H11NaO5S. The summed E-state index contributed by atoms with van der Waals surface area (Å²) in [5, 5.41) is 17.5. The van der Waals surface area contributed by atoms with Crippen molar-refractivity contribution < 1.29 is 23.2 Å². The Kier molecular flexibility index (Phi) is 7.09. The molecule has 1 rings (SSSR count). The van der Waals surface area contributed by atoms with E-state index in [-0.39, 0.29) is 5.56 Å². The van der Waals surface area contributed by atoms with Crippen molar-refractivity contribution in [3.05, 3.63) is 39.7 Å². The van der Waals surface area contributed by atoms with E-state index in [1.54, 1.807) is 0 Å². The molecule has 0 aliphatic rings. The molecule has 1 aromatic carbocycles. The first kappa shape index (κ1) is 15.8. The molecule has 0 aliphatic heterocycles. The van der Waals surface area contributed by atoms with Crippen LogP contribution in [-0.2, 0) is 10.1 Å². The van der Waals surface area contributed by atoms with Crippen LogP contribution in [0.1, 0.15) is 11.9 Å². The van der Waals surface area contributed by atoms with Gasteiger partial charge in [0.15, 0.2) is 6.29 Å². The Labute approximate surface area is 112 Å². The minimum Gasteiger partial charge on any atom is -0.364 e. The molecular weight excluding hydrogens is 243 g/mol. The van der Waals surface area contributed by atoms with Gasteiger partial charge in [0.2, 0.25) is 0 Å². The zero-order valence-electron chi connectivity index (χ0n) is 8.74. The van der Waals surface area contributed by atoms with E-state index in [0.717, 1.165) is 34.0 Å². The molecule has 0 fully saturated rings. The third-order valence-electron chi connectivity index (χ3n) is 1.48. The molecule has 0 atom stereocenters. The molecule has 5 nitrogen and oxygen atoms in total. The van der Waals surface area contributed by atoms with Crippen molar-refractivity contribution in [1.82, 2.24) is 0 Å². The number of aliphatic hydroxyl groups is 2. The number of hydrogen-bond donors (Lipinski definition) is 3. The van der Waals surface area contributed by atoms with Gasteiger partial charge in [-0.3, -0.25) is 4.55 Å². The number of benzene rings is 1. The molecule has 0 saturated heterocycles. The first-order chi connectivity index (χ1) is 7.34. The molecule has 0 bridgehead atoms.